The Balaban J connectivity index is 1.98. The second kappa shape index (κ2) is 8.82. The molecule has 1 atom stereocenters. The lowest BCUT2D eigenvalue weighted by atomic mass is 10.1. The number of benzene rings is 2. The van der Waals surface area contributed by atoms with E-state index in [2.05, 4.69) is 5.32 Å². The molecule has 0 spiro atoms. The van der Waals surface area contributed by atoms with Crippen LogP contribution in [0.5, 0.6) is 5.75 Å². The van der Waals surface area contributed by atoms with Crippen LogP contribution in [0.25, 0.3) is 0 Å². The monoisotopic (exact) mass is 345 g/mol. The summed E-state index contributed by atoms with van der Waals surface area (Å²) in [6, 6.07) is 12.7. The maximum absolute atomic E-state index is 12.9. The van der Waals surface area contributed by atoms with Gasteiger partial charge in [0.15, 0.2) is 0 Å². The number of aliphatic carboxylic acids is 1. The van der Waals surface area contributed by atoms with Crippen LogP contribution < -0.4 is 10.1 Å². The van der Waals surface area contributed by atoms with Crippen molar-refractivity contribution >= 4 is 11.9 Å². The molecule has 6 heteroatoms. The third-order valence-corrected chi connectivity index (χ3v) is 3.57. The lowest BCUT2D eigenvalue weighted by Gasteiger charge is -2.13. The Morgan fingerprint density at radius 1 is 1.16 bits per heavy atom. The predicted octanol–water partition coefficient (Wildman–Crippen LogP) is 3.25. The average Bonchev–Trinajstić information content (AvgIpc) is 2.59. The van der Waals surface area contributed by atoms with Gasteiger partial charge in [-0.2, -0.15) is 0 Å². The molecule has 0 saturated heterocycles. The summed E-state index contributed by atoms with van der Waals surface area (Å²) in [6.45, 7) is 2.22. The molecule has 0 aromatic heterocycles. The number of carboxylic acids is 1. The second-order valence-electron chi connectivity index (χ2n) is 5.82. The van der Waals surface area contributed by atoms with Crippen LogP contribution >= 0.6 is 0 Å². The van der Waals surface area contributed by atoms with Crippen LogP contribution in [-0.4, -0.2) is 23.5 Å². The van der Waals surface area contributed by atoms with Gasteiger partial charge in [0.2, 0.25) is 0 Å². The first-order valence-corrected chi connectivity index (χ1v) is 7.92. The van der Waals surface area contributed by atoms with Crippen molar-refractivity contribution in [2.45, 2.75) is 20.0 Å². The van der Waals surface area contributed by atoms with Crippen LogP contribution in [0.3, 0.4) is 0 Å². The Bertz CT molecular complexity index is 730. The van der Waals surface area contributed by atoms with Crippen molar-refractivity contribution in [1.29, 1.82) is 0 Å². The van der Waals surface area contributed by atoms with E-state index in [-0.39, 0.29) is 37.2 Å². The van der Waals surface area contributed by atoms with Crippen LogP contribution in [0.4, 0.5) is 4.39 Å². The number of para-hydroxylation sites is 1. The first kappa shape index (κ1) is 18.4. The van der Waals surface area contributed by atoms with E-state index in [1.165, 1.54) is 12.1 Å². The fourth-order valence-electron chi connectivity index (χ4n) is 2.25. The molecule has 0 bridgehead atoms. The molecule has 1 amide bonds. The van der Waals surface area contributed by atoms with Gasteiger partial charge in [-0.3, -0.25) is 9.59 Å². The maximum atomic E-state index is 12.9. The van der Waals surface area contributed by atoms with Crippen molar-refractivity contribution in [3.63, 3.8) is 0 Å². The van der Waals surface area contributed by atoms with E-state index in [1.54, 1.807) is 43.3 Å². The predicted molar refractivity (Wildman–Crippen MR) is 90.9 cm³/mol. The molecule has 1 unspecified atom stereocenters. The van der Waals surface area contributed by atoms with E-state index in [4.69, 9.17) is 9.84 Å². The molecular formula is C19H20FNO4. The van der Waals surface area contributed by atoms with Gasteiger partial charge in [0, 0.05) is 13.0 Å². The Labute approximate surface area is 145 Å². The van der Waals surface area contributed by atoms with Gasteiger partial charge < -0.3 is 15.2 Å². The minimum Gasteiger partial charge on any atom is -0.488 e. The SMILES string of the molecule is CC(CNC(=O)c1ccccc1OCc1ccc(F)cc1)CC(=O)O. The van der Waals surface area contributed by atoms with Crippen LogP contribution in [0.15, 0.2) is 48.5 Å². The molecule has 0 aliphatic heterocycles. The second-order valence-corrected chi connectivity index (χ2v) is 5.82. The summed E-state index contributed by atoms with van der Waals surface area (Å²) < 4.78 is 18.6. The van der Waals surface area contributed by atoms with Gasteiger partial charge in [-0.1, -0.05) is 31.2 Å². The number of halogens is 1. The Morgan fingerprint density at radius 3 is 2.52 bits per heavy atom. The smallest absolute Gasteiger partial charge is 0.303 e. The minimum atomic E-state index is -0.898. The summed E-state index contributed by atoms with van der Waals surface area (Å²) in [5.41, 5.74) is 1.15. The fraction of sp³-hybridized carbons (Fsp3) is 0.263. The minimum absolute atomic E-state index is 0.0109. The zero-order valence-electron chi connectivity index (χ0n) is 13.9. The number of rotatable bonds is 8. The summed E-state index contributed by atoms with van der Waals surface area (Å²) in [7, 11) is 0. The van der Waals surface area contributed by atoms with Crippen molar-refractivity contribution in [2.75, 3.05) is 6.54 Å². The number of carbonyl (C=O) groups is 2. The topological polar surface area (TPSA) is 75.6 Å². The van der Waals surface area contributed by atoms with Gasteiger partial charge in [-0.25, -0.2) is 4.39 Å². The Hall–Kier alpha value is -2.89. The molecule has 0 fully saturated rings. The highest BCUT2D eigenvalue weighted by Gasteiger charge is 2.14. The third kappa shape index (κ3) is 5.91. The van der Waals surface area contributed by atoms with E-state index >= 15 is 0 Å². The summed E-state index contributed by atoms with van der Waals surface area (Å²) >= 11 is 0. The standard InChI is InChI=1S/C19H20FNO4/c1-13(10-18(22)23)11-21-19(24)16-4-2-3-5-17(16)25-12-14-6-8-15(20)9-7-14/h2-9,13H,10-12H2,1H3,(H,21,24)(H,22,23). The van der Waals surface area contributed by atoms with E-state index in [0.717, 1.165) is 5.56 Å². The lowest BCUT2D eigenvalue weighted by Crippen LogP contribution is -2.29. The zero-order chi connectivity index (χ0) is 18.2. The molecule has 0 aliphatic carbocycles. The van der Waals surface area contributed by atoms with Crippen molar-refractivity contribution < 1.29 is 23.8 Å². The quantitative estimate of drug-likeness (QED) is 0.770. The van der Waals surface area contributed by atoms with E-state index in [0.29, 0.717) is 11.3 Å². The number of hydrogen-bond acceptors (Lipinski definition) is 3. The zero-order valence-corrected chi connectivity index (χ0v) is 13.9. The first-order chi connectivity index (χ1) is 12.0. The van der Waals surface area contributed by atoms with E-state index in [9.17, 15) is 14.0 Å². The summed E-state index contributed by atoms with van der Waals surface area (Å²) in [6.07, 6.45) is -0.0109. The molecular weight excluding hydrogens is 325 g/mol. The number of carboxylic acid groups (broad SMARTS) is 1. The number of ether oxygens (including phenoxy) is 1. The molecule has 0 heterocycles. The van der Waals surface area contributed by atoms with Gasteiger partial charge in [0.1, 0.15) is 18.2 Å². The summed E-state index contributed by atoms with van der Waals surface area (Å²) in [5.74, 6) is -1.31. The van der Waals surface area contributed by atoms with E-state index in [1.807, 2.05) is 0 Å². The molecule has 2 aromatic carbocycles. The molecule has 0 aliphatic rings. The lowest BCUT2D eigenvalue weighted by molar-refractivity contribution is -0.137. The third-order valence-electron chi connectivity index (χ3n) is 3.57. The maximum Gasteiger partial charge on any atom is 0.303 e. The summed E-state index contributed by atoms with van der Waals surface area (Å²) in [4.78, 5) is 23.0. The Morgan fingerprint density at radius 2 is 1.84 bits per heavy atom. The van der Waals surface area contributed by atoms with Gasteiger partial charge in [0.25, 0.3) is 5.91 Å². The average molecular weight is 345 g/mol. The first-order valence-electron chi connectivity index (χ1n) is 7.92. The highest BCUT2D eigenvalue weighted by Crippen LogP contribution is 2.19. The highest BCUT2D eigenvalue weighted by atomic mass is 19.1. The van der Waals surface area contributed by atoms with Crippen LogP contribution in [0.1, 0.15) is 29.3 Å². The molecule has 2 rings (SSSR count). The van der Waals surface area contributed by atoms with Crippen molar-refractivity contribution in [3.05, 3.63) is 65.5 Å². The number of nitrogens with one attached hydrogen (secondary N) is 1. The normalized spacial score (nSPS) is 11.6. The molecule has 25 heavy (non-hydrogen) atoms. The fourth-order valence-corrected chi connectivity index (χ4v) is 2.25. The Kier molecular flexibility index (Phi) is 6.51. The van der Waals surface area contributed by atoms with Crippen molar-refractivity contribution in [3.8, 4) is 5.75 Å². The summed E-state index contributed by atoms with van der Waals surface area (Å²) in [5, 5.41) is 11.5. The number of hydrogen-bond donors (Lipinski definition) is 2. The molecule has 5 nitrogen and oxygen atoms in total. The van der Waals surface area contributed by atoms with Crippen molar-refractivity contribution in [1.82, 2.24) is 5.32 Å². The molecule has 132 valence electrons. The van der Waals surface area contributed by atoms with Gasteiger partial charge in [-0.05, 0) is 35.7 Å². The number of amides is 1. The van der Waals surface area contributed by atoms with Gasteiger partial charge in [-0.15, -0.1) is 0 Å². The van der Waals surface area contributed by atoms with Gasteiger partial charge >= 0.3 is 5.97 Å². The van der Waals surface area contributed by atoms with Crippen LogP contribution in [0.2, 0.25) is 0 Å². The molecule has 0 radical (unpaired) electrons. The van der Waals surface area contributed by atoms with Crippen LogP contribution in [-0.2, 0) is 11.4 Å². The highest BCUT2D eigenvalue weighted by molar-refractivity contribution is 5.96. The largest absolute Gasteiger partial charge is 0.488 e. The van der Waals surface area contributed by atoms with E-state index < -0.39 is 5.97 Å². The molecule has 0 saturated carbocycles. The number of carbonyl (C=O) groups excluding carboxylic acids is 1. The van der Waals surface area contributed by atoms with Gasteiger partial charge in [0.05, 0.1) is 5.56 Å². The van der Waals surface area contributed by atoms with Crippen molar-refractivity contribution in [2.24, 2.45) is 5.92 Å². The van der Waals surface area contributed by atoms with Crippen LogP contribution in [0, 0.1) is 11.7 Å². The molecule has 2 N–H and O–H groups in total. The molecule has 2 aromatic rings.